The lowest BCUT2D eigenvalue weighted by atomic mass is 10.1. The van der Waals surface area contributed by atoms with Gasteiger partial charge in [0, 0.05) is 12.2 Å². The normalized spacial score (nSPS) is 10.1. The molecule has 0 heterocycles. The van der Waals surface area contributed by atoms with Gasteiger partial charge in [-0.25, -0.2) is 24.0 Å². The smallest absolute Gasteiger partial charge is 0.463 e. The van der Waals surface area contributed by atoms with E-state index in [1.165, 1.54) is 36.4 Å². The van der Waals surface area contributed by atoms with Crippen LogP contribution in [0.25, 0.3) is 0 Å². The Balaban J connectivity index is 1.75. The first-order valence-corrected chi connectivity index (χ1v) is 12.8. The molecule has 0 amide bonds. The molecule has 0 saturated carbocycles. The standard InChI is InChI=1S/C30H32O11/c1-4-26(31)36-16-6-8-18-38-29(34)25-15-14-24(20-21(25)3)40-28(33)22-10-12-23(13-11-22)41-30(35)39-19-9-7-17-37-27(32)5-2/h4-5,10-15,20H,1-2,6-9,16-19H2,3H3. The summed E-state index contributed by atoms with van der Waals surface area (Å²) in [4.78, 5) is 58.6. The summed E-state index contributed by atoms with van der Waals surface area (Å²) in [6, 6.07) is 10.2. The highest BCUT2D eigenvalue weighted by Crippen LogP contribution is 2.20. The van der Waals surface area contributed by atoms with Gasteiger partial charge >= 0.3 is 30.0 Å². The van der Waals surface area contributed by atoms with Crippen molar-refractivity contribution in [1.29, 1.82) is 0 Å². The molecule has 0 atom stereocenters. The molecular formula is C30H32O11. The molecule has 2 aromatic carbocycles. The van der Waals surface area contributed by atoms with Gasteiger partial charge in [-0.15, -0.1) is 0 Å². The monoisotopic (exact) mass is 568 g/mol. The number of hydrogen-bond donors (Lipinski definition) is 0. The number of carbonyl (C=O) groups excluding carboxylic acids is 5. The van der Waals surface area contributed by atoms with Crippen molar-refractivity contribution in [1.82, 2.24) is 0 Å². The number of carbonyl (C=O) groups is 5. The van der Waals surface area contributed by atoms with Crippen LogP contribution in [0.15, 0.2) is 67.8 Å². The largest absolute Gasteiger partial charge is 0.513 e. The highest BCUT2D eigenvalue weighted by molar-refractivity contribution is 5.93. The zero-order chi connectivity index (χ0) is 30.0. The molecule has 2 aromatic rings. The van der Waals surface area contributed by atoms with E-state index >= 15 is 0 Å². The average Bonchev–Trinajstić information content (AvgIpc) is 2.96. The zero-order valence-electron chi connectivity index (χ0n) is 22.8. The Morgan fingerprint density at radius 1 is 0.634 bits per heavy atom. The minimum atomic E-state index is -0.911. The van der Waals surface area contributed by atoms with Crippen molar-refractivity contribution in [2.24, 2.45) is 0 Å². The van der Waals surface area contributed by atoms with Crippen LogP contribution in [-0.2, 0) is 28.5 Å². The summed E-state index contributed by atoms with van der Waals surface area (Å²) in [5.74, 6) is -1.79. The highest BCUT2D eigenvalue weighted by Gasteiger charge is 2.15. The highest BCUT2D eigenvalue weighted by atomic mass is 16.7. The Kier molecular flexibility index (Phi) is 13.9. The molecule has 0 aliphatic carbocycles. The molecule has 0 spiro atoms. The number of hydrogen-bond acceptors (Lipinski definition) is 11. The van der Waals surface area contributed by atoms with Crippen molar-refractivity contribution in [2.45, 2.75) is 32.6 Å². The number of aryl methyl sites for hydroxylation is 1. The average molecular weight is 569 g/mol. The van der Waals surface area contributed by atoms with Gasteiger partial charge < -0.3 is 28.4 Å². The summed E-state index contributed by atoms with van der Waals surface area (Å²) < 4.78 is 30.3. The first-order valence-electron chi connectivity index (χ1n) is 12.8. The maximum atomic E-state index is 12.5. The van der Waals surface area contributed by atoms with E-state index in [0.717, 1.165) is 12.2 Å². The molecule has 0 fully saturated rings. The van der Waals surface area contributed by atoms with E-state index in [4.69, 9.17) is 28.4 Å². The van der Waals surface area contributed by atoms with Gasteiger partial charge in [0.15, 0.2) is 0 Å². The van der Waals surface area contributed by atoms with Crippen LogP contribution in [0.3, 0.4) is 0 Å². The van der Waals surface area contributed by atoms with E-state index in [0.29, 0.717) is 36.8 Å². The molecule has 0 bridgehead atoms. The Labute approximate surface area is 237 Å². The Morgan fingerprint density at radius 3 is 1.68 bits per heavy atom. The lowest BCUT2D eigenvalue weighted by Crippen LogP contribution is -2.13. The van der Waals surface area contributed by atoms with Crippen LogP contribution in [0.4, 0.5) is 4.79 Å². The first kappa shape index (κ1) is 32.3. The number of unbranched alkanes of at least 4 members (excludes halogenated alkanes) is 2. The molecule has 0 N–H and O–H groups in total. The van der Waals surface area contributed by atoms with Crippen LogP contribution in [0.5, 0.6) is 11.5 Å². The molecule has 11 nitrogen and oxygen atoms in total. The lowest BCUT2D eigenvalue weighted by molar-refractivity contribution is -0.138. The van der Waals surface area contributed by atoms with E-state index in [2.05, 4.69) is 13.2 Å². The van der Waals surface area contributed by atoms with Gasteiger partial charge in [0.1, 0.15) is 11.5 Å². The summed E-state index contributed by atoms with van der Waals surface area (Å²) >= 11 is 0. The van der Waals surface area contributed by atoms with Gasteiger partial charge in [0.25, 0.3) is 0 Å². The summed E-state index contributed by atoms with van der Waals surface area (Å²) in [5, 5.41) is 0. The Morgan fingerprint density at radius 2 is 1.15 bits per heavy atom. The molecule has 0 aliphatic rings. The molecule has 0 aliphatic heterocycles. The van der Waals surface area contributed by atoms with Crippen LogP contribution >= 0.6 is 0 Å². The molecule has 0 saturated heterocycles. The third-order valence-corrected chi connectivity index (χ3v) is 5.27. The molecule has 0 radical (unpaired) electrons. The molecule has 0 unspecified atom stereocenters. The van der Waals surface area contributed by atoms with Crippen LogP contribution in [0.2, 0.25) is 0 Å². The van der Waals surface area contributed by atoms with E-state index in [1.54, 1.807) is 13.0 Å². The van der Waals surface area contributed by atoms with Crippen molar-refractivity contribution in [3.63, 3.8) is 0 Å². The van der Waals surface area contributed by atoms with E-state index < -0.39 is 30.0 Å². The second kappa shape index (κ2) is 17.6. The van der Waals surface area contributed by atoms with Crippen LogP contribution < -0.4 is 9.47 Å². The maximum absolute atomic E-state index is 12.5. The van der Waals surface area contributed by atoms with Crippen molar-refractivity contribution in [3.8, 4) is 11.5 Å². The molecular weight excluding hydrogens is 536 g/mol. The first-order chi connectivity index (χ1) is 19.7. The lowest BCUT2D eigenvalue weighted by Gasteiger charge is -2.10. The van der Waals surface area contributed by atoms with Gasteiger partial charge in [-0.3, -0.25) is 0 Å². The van der Waals surface area contributed by atoms with Crippen LogP contribution in [-0.4, -0.2) is 56.5 Å². The Hall–Kier alpha value is -4.93. The molecule has 0 aromatic heterocycles. The van der Waals surface area contributed by atoms with Crippen molar-refractivity contribution >= 4 is 30.0 Å². The van der Waals surface area contributed by atoms with Gasteiger partial charge in [-0.05, 0) is 80.6 Å². The van der Waals surface area contributed by atoms with Crippen molar-refractivity contribution < 1.29 is 52.4 Å². The van der Waals surface area contributed by atoms with Gasteiger partial charge in [-0.2, -0.15) is 0 Å². The van der Waals surface area contributed by atoms with E-state index in [-0.39, 0.29) is 43.5 Å². The SMILES string of the molecule is C=CC(=O)OCCCCOC(=O)Oc1ccc(C(=O)Oc2ccc(C(=O)OCCCCOC(=O)C=C)c(C)c2)cc1. The fourth-order valence-electron chi connectivity index (χ4n) is 3.15. The summed E-state index contributed by atoms with van der Waals surface area (Å²) in [7, 11) is 0. The summed E-state index contributed by atoms with van der Waals surface area (Å²) in [6.07, 6.45) is 3.28. The Bertz CT molecular complexity index is 1230. The van der Waals surface area contributed by atoms with E-state index in [1.807, 2.05) is 0 Å². The molecule has 41 heavy (non-hydrogen) atoms. The van der Waals surface area contributed by atoms with Gasteiger partial charge in [0.2, 0.25) is 0 Å². The third kappa shape index (κ3) is 12.2. The summed E-state index contributed by atoms with van der Waals surface area (Å²) in [5.41, 5.74) is 1.09. The third-order valence-electron chi connectivity index (χ3n) is 5.27. The van der Waals surface area contributed by atoms with Crippen LogP contribution in [0, 0.1) is 6.92 Å². The molecule has 218 valence electrons. The van der Waals surface area contributed by atoms with E-state index in [9.17, 15) is 24.0 Å². The number of benzene rings is 2. The fraction of sp³-hybridized carbons (Fsp3) is 0.300. The number of ether oxygens (including phenoxy) is 6. The number of rotatable bonds is 16. The van der Waals surface area contributed by atoms with Crippen molar-refractivity contribution in [2.75, 3.05) is 26.4 Å². The minimum absolute atomic E-state index is 0.0832. The summed E-state index contributed by atoms with van der Waals surface area (Å²) in [6.45, 7) is 8.93. The topological polar surface area (TPSA) is 141 Å². The number of esters is 4. The quantitative estimate of drug-likeness (QED) is 0.0681. The second-order valence-electron chi connectivity index (χ2n) is 8.38. The van der Waals surface area contributed by atoms with Crippen molar-refractivity contribution in [3.05, 3.63) is 84.5 Å². The predicted octanol–water partition coefficient (Wildman–Crippen LogP) is 4.91. The molecule has 11 heteroatoms. The minimum Gasteiger partial charge on any atom is -0.463 e. The van der Waals surface area contributed by atoms with Gasteiger partial charge in [0.05, 0.1) is 37.6 Å². The van der Waals surface area contributed by atoms with Gasteiger partial charge in [-0.1, -0.05) is 13.2 Å². The zero-order valence-corrected chi connectivity index (χ0v) is 22.8. The van der Waals surface area contributed by atoms with Crippen LogP contribution in [0.1, 0.15) is 52.0 Å². The second-order valence-corrected chi connectivity index (χ2v) is 8.38. The maximum Gasteiger partial charge on any atom is 0.513 e. The molecule has 2 rings (SSSR count). The fourth-order valence-corrected chi connectivity index (χ4v) is 3.15. The predicted molar refractivity (Wildman–Crippen MR) is 146 cm³/mol.